The second-order valence-electron chi connectivity index (χ2n) is 7.84. The minimum Gasteiger partial charge on any atom is -0.515 e. The second kappa shape index (κ2) is 8.39. The molecule has 1 unspecified atom stereocenters. The maximum atomic E-state index is 13.9. The van der Waals surface area contributed by atoms with Crippen molar-refractivity contribution in [3.05, 3.63) is 87.5 Å². The van der Waals surface area contributed by atoms with Crippen LogP contribution in [0.25, 0.3) is 18.4 Å². The number of esters is 1. The maximum Gasteiger partial charge on any atom is 0.429 e. The van der Waals surface area contributed by atoms with Crippen LogP contribution in [0.1, 0.15) is 14.0 Å². The third-order valence-electron chi connectivity index (χ3n) is 5.20. The Kier molecular flexibility index (Phi) is 5.05. The minimum absolute atomic E-state index is 0.0323. The summed E-state index contributed by atoms with van der Waals surface area (Å²) in [6.45, 7) is 0.896. The Labute approximate surface area is 197 Å². The summed E-state index contributed by atoms with van der Waals surface area (Å²) in [5.41, 5.74) is 2.00. The second-order valence-corrected chi connectivity index (χ2v) is 7.84. The van der Waals surface area contributed by atoms with Gasteiger partial charge in [0.1, 0.15) is 0 Å². The Morgan fingerprint density at radius 2 is 1.71 bits per heavy atom. The highest BCUT2D eigenvalue weighted by atomic mass is 19.4. The molecule has 0 spiro atoms. The molecule has 1 atom stereocenters. The van der Waals surface area contributed by atoms with E-state index < -0.39 is 18.2 Å². The number of aromatic nitrogens is 1. The Hall–Kier alpha value is -4.47. The van der Waals surface area contributed by atoms with Gasteiger partial charge < -0.3 is 14.8 Å². The first-order chi connectivity index (χ1) is 17.1. The summed E-state index contributed by atoms with van der Waals surface area (Å²) >= 11 is 0. The van der Waals surface area contributed by atoms with Crippen LogP contribution in [0.15, 0.2) is 86.2 Å². The third kappa shape index (κ3) is 4.63. The van der Waals surface area contributed by atoms with Crippen molar-refractivity contribution in [1.82, 2.24) is 4.98 Å². The molecule has 0 fully saturated rings. The lowest BCUT2D eigenvalue weighted by atomic mass is 10.0. The monoisotopic (exact) mass is 479 g/mol. The molecule has 2 N–H and O–H groups in total. The Bertz CT molecular complexity index is 1600. The Balaban J connectivity index is 1.75. The van der Waals surface area contributed by atoms with Gasteiger partial charge in [-0.15, -0.1) is 0 Å². The molecule has 0 saturated heterocycles. The van der Waals surface area contributed by atoms with Crippen LogP contribution in [-0.2, 0) is 9.53 Å². The van der Waals surface area contributed by atoms with Crippen molar-refractivity contribution in [2.75, 3.05) is 0 Å². The molecule has 8 bridgehead atoms. The molecule has 7 nitrogen and oxygen atoms in total. The van der Waals surface area contributed by atoms with Gasteiger partial charge in [0, 0.05) is 23.4 Å². The number of ether oxygens (including phenoxy) is 1. The normalized spacial score (nSPS) is 20.2. The number of aliphatic hydroxyl groups excluding tert-OH is 1. The number of halogens is 3. The van der Waals surface area contributed by atoms with E-state index in [0.717, 1.165) is 19.3 Å². The molecule has 0 aromatic carbocycles. The predicted molar refractivity (Wildman–Crippen MR) is 126 cm³/mol. The van der Waals surface area contributed by atoms with E-state index >= 15 is 0 Å². The van der Waals surface area contributed by atoms with Gasteiger partial charge in [0.25, 0.3) is 0 Å². The molecule has 0 aliphatic carbocycles. The van der Waals surface area contributed by atoms with Gasteiger partial charge >= 0.3 is 12.1 Å². The average molecular weight is 479 g/mol. The van der Waals surface area contributed by atoms with Crippen molar-refractivity contribution < 1.29 is 29.2 Å². The molecule has 4 aliphatic rings. The number of aromatic amines is 1. The van der Waals surface area contributed by atoms with Gasteiger partial charge in [-0.1, -0.05) is 0 Å². The van der Waals surface area contributed by atoms with Crippen LogP contribution in [0.5, 0.6) is 0 Å². The van der Waals surface area contributed by atoms with Crippen molar-refractivity contribution in [3.8, 4) is 0 Å². The third-order valence-corrected chi connectivity index (χ3v) is 5.20. The van der Waals surface area contributed by atoms with Crippen LogP contribution in [0.4, 0.5) is 13.2 Å². The van der Waals surface area contributed by atoms with E-state index in [2.05, 4.69) is 24.7 Å². The number of hydrogen-bond acceptors (Lipinski definition) is 6. The highest BCUT2D eigenvalue weighted by Gasteiger charge is 2.47. The number of allylic oxidation sites excluding steroid dienone is 7. The fourth-order valence-corrected chi connectivity index (χ4v) is 3.78. The Morgan fingerprint density at radius 3 is 2.37 bits per heavy atom. The lowest BCUT2D eigenvalue weighted by Crippen LogP contribution is -2.35. The lowest BCUT2D eigenvalue weighted by Gasteiger charge is -2.21. The predicted octanol–water partition coefficient (Wildman–Crippen LogP) is 3.11. The SMILES string of the molecule is [2H]c1c2[nH]c(c1=CO)=CC1=NC(=CC3=NC(=CC4=NC(=C2)C=C4)C=C3)C(C(OC(C)=O)C(F)(F)F)=C1. The molecule has 0 radical (unpaired) electrons. The van der Waals surface area contributed by atoms with E-state index in [-0.39, 0.29) is 33.6 Å². The van der Waals surface area contributed by atoms with E-state index in [1.54, 1.807) is 36.5 Å². The summed E-state index contributed by atoms with van der Waals surface area (Å²) in [5, 5.41) is 10.1. The number of nitrogens with one attached hydrogen (secondary N) is 1. The Morgan fingerprint density at radius 1 is 1.03 bits per heavy atom. The zero-order valence-corrected chi connectivity index (χ0v) is 18.1. The van der Waals surface area contributed by atoms with Crippen molar-refractivity contribution in [2.24, 2.45) is 15.0 Å². The fourth-order valence-electron chi connectivity index (χ4n) is 3.78. The van der Waals surface area contributed by atoms with Gasteiger partial charge in [0.2, 0.25) is 6.10 Å². The summed E-state index contributed by atoms with van der Waals surface area (Å²) < 4.78 is 54.7. The van der Waals surface area contributed by atoms with Gasteiger partial charge in [0.15, 0.2) is 0 Å². The molecule has 4 aliphatic heterocycles. The smallest absolute Gasteiger partial charge is 0.429 e. The van der Waals surface area contributed by atoms with Crippen LogP contribution < -0.4 is 10.6 Å². The number of carbonyl (C=O) groups excluding carboxylic acids is 1. The number of H-pyrrole nitrogens is 1. The first kappa shape index (κ1) is 21.1. The number of aliphatic imine (C=N–C) groups is 3. The quantitative estimate of drug-likeness (QED) is 0.638. The van der Waals surface area contributed by atoms with Crippen molar-refractivity contribution in [1.29, 1.82) is 0 Å². The number of aliphatic hydroxyl groups is 1. The number of alkyl halides is 3. The molecule has 10 heteroatoms. The largest absolute Gasteiger partial charge is 0.515 e. The molecule has 35 heavy (non-hydrogen) atoms. The van der Waals surface area contributed by atoms with Crippen LogP contribution >= 0.6 is 0 Å². The number of hydrogen-bond donors (Lipinski definition) is 2. The molecule has 5 heterocycles. The lowest BCUT2D eigenvalue weighted by molar-refractivity contribution is -0.209. The zero-order valence-electron chi connectivity index (χ0n) is 19.1. The minimum atomic E-state index is -4.90. The van der Waals surface area contributed by atoms with Crippen LogP contribution in [-0.4, -0.2) is 45.5 Å². The summed E-state index contributed by atoms with van der Waals surface area (Å²) in [6.07, 6.45) is 7.35. The van der Waals surface area contributed by atoms with E-state index in [9.17, 15) is 23.1 Å². The van der Waals surface area contributed by atoms with Crippen molar-refractivity contribution in [3.63, 3.8) is 0 Å². The number of rotatable bonds is 2. The van der Waals surface area contributed by atoms with E-state index in [1.165, 1.54) is 12.2 Å². The summed E-state index contributed by atoms with van der Waals surface area (Å²) in [7, 11) is 0. The van der Waals surface area contributed by atoms with Gasteiger partial charge in [0.05, 0.1) is 47.2 Å². The first-order valence-corrected chi connectivity index (χ1v) is 10.4. The number of fused-ring (bicyclic) bond motifs is 5. The van der Waals surface area contributed by atoms with E-state index in [4.69, 9.17) is 1.37 Å². The van der Waals surface area contributed by atoms with Crippen molar-refractivity contribution >= 4 is 41.5 Å². The number of nitrogens with zero attached hydrogens (tertiary/aromatic N) is 3. The topological polar surface area (TPSA) is 99.4 Å². The maximum absolute atomic E-state index is 13.9. The van der Waals surface area contributed by atoms with Gasteiger partial charge in [-0.25, -0.2) is 15.0 Å². The van der Waals surface area contributed by atoms with Crippen LogP contribution in [0.3, 0.4) is 0 Å². The fraction of sp³-hybridized carbons (Fsp3) is 0.120. The molecule has 1 aromatic rings. The number of carbonyl (C=O) groups is 1. The van der Waals surface area contributed by atoms with Gasteiger partial charge in [-0.3, -0.25) is 4.79 Å². The highest BCUT2D eigenvalue weighted by molar-refractivity contribution is 6.20. The van der Waals surface area contributed by atoms with Gasteiger partial charge in [-0.2, -0.15) is 13.2 Å². The highest BCUT2D eigenvalue weighted by Crippen LogP contribution is 2.35. The standard InChI is InChI=1S/C25H17F3N4O3/c1-13(34)35-24(25(26,27)28)21-9-20-11-22-14(12-33)6-19(31-22)8-17-3-2-15(29-17)7-16-4-5-18(30-16)10-23(21)32-20/h2-12,24,31,33H,1H3/i6D. The zero-order chi connectivity index (χ0) is 25.6. The van der Waals surface area contributed by atoms with E-state index in [1.807, 2.05) is 0 Å². The molecule has 176 valence electrons. The summed E-state index contributed by atoms with van der Waals surface area (Å²) in [6, 6.07) is -0.0323. The average Bonchev–Trinajstić information content (AvgIpc) is 3.56. The summed E-state index contributed by atoms with van der Waals surface area (Å²) in [5.74, 6) is -1.10. The molecular weight excluding hydrogens is 461 g/mol. The van der Waals surface area contributed by atoms with Crippen molar-refractivity contribution in [2.45, 2.75) is 19.2 Å². The molecule has 0 amide bonds. The summed E-state index contributed by atoms with van der Waals surface area (Å²) in [4.78, 5) is 27.7. The van der Waals surface area contributed by atoms with E-state index in [0.29, 0.717) is 28.5 Å². The molecule has 5 rings (SSSR count). The molecule has 1 aromatic heterocycles. The van der Waals surface area contributed by atoms with Crippen LogP contribution in [0, 0.1) is 0 Å². The molecular formula is C25H17F3N4O3. The van der Waals surface area contributed by atoms with Crippen LogP contribution in [0.2, 0.25) is 0 Å². The van der Waals surface area contributed by atoms with Gasteiger partial charge in [-0.05, 0) is 60.7 Å². The molecule has 0 saturated carbocycles. The first-order valence-electron chi connectivity index (χ1n) is 10.9.